The maximum Gasteiger partial charge on any atom is 0.257 e. The Labute approximate surface area is 95.1 Å². The lowest BCUT2D eigenvalue weighted by Crippen LogP contribution is -2.36. The first-order valence-corrected chi connectivity index (χ1v) is 5.31. The monoisotopic (exact) mass is 223 g/mol. The largest absolute Gasteiger partial charge is 0.504 e. The van der Waals surface area contributed by atoms with E-state index in [0.717, 1.165) is 0 Å². The second kappa shape index (κ2) is 4.88. The Morgan fingerprint density at radius 3 is 2.50 bits per heavy atom. The molecule has 1 aromatic rings. The summed E-state index contributed by atoms with van der Waals surface area (Å²) in [4.78, 5) is 13.7. The molecule has 16 heavy (non-hydrogen) atoms. The first-order chi connectivity index (χ1) is 7.49. The van der Waals surface area contributed by atoms with Crippen LogP contribution in [0.25, 0.3) is 0 Å². The minimum Gasteiger partial charge on any atom is -0.504 e. The van der Waals surface area contributed by atoms with Crippen molar-refractivity contribution in [2.75, 3.05) is 6.54 Å². The fourth-order valence-electron chi connectivity index (χ4n) is 1.60. The number of carbonyl (C=O) groups excluding carboxylic acids is 1. The lowest BCUT2D eigenvalue weighted by atomic mass is 10.1. The maximum absolute atomic E-state index is 12.0. The van der Waals surface area contributed by atoms with Crippen molar-refractivity contribution >= 4 is 5.91 Å². The van der Waals surface area contributed by atoms with Gasteiger partial charge in [-0.05, 0) is 32.9 Å². The first kappa shape index (κ1) is 12.4. The molecule has 0 atom stereocenters. The van der Waals surface area contributed by atoms with Gasteiger partial charge in [-0.15, -0.1) is 0 Å². The van der Waals surface area contributed by atoms with Gasteiger partial charge < -0.3 is 15.1 Å². The van der Waals surface area contributed by atoms with E-state index in [1.807, 2.05) is 20.8 Å². The summed E-state index contributed by atoms with van der Waals surface area (Å²) in [5.41, 5.74) is 0.135. The average molecular weight is 223 g/mol. The number of phenols is 2. The molecule has 0 fully saturated rings. The standard InChI is InChI=1S/C12H17NO3/c1-4-13(8(2)3)12(16)9-6-5-7-10(14)11(9)15/h5-8,14-15H,4H2,1-3H3. The van der Waals surface area contributed by atoms with Crippen LogP contribution in [0.5, 0.6) is 11.5 Å². The number of nitrogens with zero attached hydrogens (tertiary/aromatic N) is 1. The van der Waals surface area contributed by atoms with E-state index in [-0.39, 0.29) is 29.0 Å². The van der Waals surface area contributed by atoms with Crippen LogP contribution in [0, 0.1) is 0 Å². The Hall–Kier alpha value is -1.71. The zero-order valence-corrected chi connectivity index (χ0v) is 9.77. The molecule has 0 aromatic heterocycles. The van der Waals surface area contributed by atoms with E-state index in [2.05, 4.69) is 0 Å². The highest BCUT2D eigenvalue weighted by atomic mass is 16.3. The van der Waals surface area contributed by atoms with Crippen molar-refractivity contribution in [2.24, 2.45) is 0 Å². The quantitative estimate of drug-likeness (QED) is 0.770. The van der Waals surface area contributed by atoms with Crippen molar-refractivity contribution in [1.82, 2.24) is 4.90 Å². The summed E-state index contributed by atoms with van der Waals surface area (Å²) in [5, 5.41) is 18.9. The van der Waals surface area contributed by atoms with Crippen LogP contribution in [0.1, 0.15) is 31.1 Å². The van der Waals surface area contributed by atoms with Gasteiger partial charge in [0.2, 0.25) is 0 Å². The summed E-state index contributed by atoms with van der Waals surface area (Å²) in [6.07, 6.45) is 0. The highest BCUT2D eigenvalue weighted by Gasteiger charge is 2.21. The number of hydrogen-bond donors (Lipinski definition) is 2. The van der Waals surface area contributed by atoms with Crippen molar-refractivity contribution in [3.05, 3.63) is 23.8 Å². The number of phenolic OH excluding ortho intramolecular Hbond substituents is 2. The Morgan fingerprint density at radius 1 is 1.38 bits per heavy atom. The molecule has 0 saturated heterocycles. The molecule has 1 aromatic carbocycles. The van der Waals surface area contributed by atoms with E-state index in [0.29, 0.717) is 6.54 Å². The predicted octanol–water partition coefficient (Wildman–Crippen LogP) is 1.97. The lowest BCUT2D eigenvalue weighted by molar-refractivity contribution is 0.0713. The van der Waals surface area contributed by atoms with E-state index in [4.69, 9.17) is 0 Å². The number of hydrogen-bond acceptors (Lipinski definition) is 3. The van der Waals surface area contributed by atoms with Crippen LogP contribution < -0.4 is 0 Å². The smallest absolute Gasteiger partial charge is 0.257 e. The summed E-state index contributed by atoms with van der Waals surface area (Å²) in [6.45, 7) is 6.24. The summed E-state index contributed by atoms with van der Waals surface area (Å²) in [6, 6.07) is 4.44. The summed E-state index contributed by atoms with van der Waals surface area (Å²) < 4.78 is 0. The van der Waals surface area contributed by atoms with Crippen LogP contribution in [-0.2, 0) is 0 Å². The molecule has 1 rings (SSSR count). The third-order valence-electron chi connectivity index (χ3n) is 2.47. The minimum atomic E-state index is -0.355. The van der Waals surface area contributed by atoms with Gasteiger partial charge in [-0.3, -0.25) is 4.79 Å². The molecule has 0 aliphatic carbocycles. The van der Waals surface area contributed by atoms with Gasteiger partial charge in [0.05, 0.1) is 5.56 Å². The average Bonchev–Trinajstić information content (AvgIpc) is 2.22. The third kappa shape index (κ3) is 2.27. The summed E-state index contributed by atoms with van der Waals surface area (Å²) >= 11 is 0. The Bertz CT molecular complexity index is 388. The zero-order valence-electron chi connectivity index (χ0n) is 9.77. The Balaban J connectivity index is 3.09. The van der Waals surface area contributed by atoms with Gasteiger partial charge in [-0.1, -0.05) is 6.07 Å². The molecule has 4 nitrogen and oxygen atoms in total. The van der Waals surface area contributed by atoms with Crippen LogP contribution in [0.2, 0.25) is 0 Å². The summed E-state index contributed by atoms with van der Waals surface area (Å²) in [7, 11) is 0. The number of benzene rings is 1. The van der Waals surface area contributed by atoms with Gasteiger partial charge >= 0.3 is 0 Å². The Kier molecular flexibility index (Phi) is 3.77. The molecule has 0 bridgehead atoms. The van der Waals surface area contributed by atoms with Crippen LogP contribution in [0.3, 0.4) is 0 Å². The van der Waals surface area contributed by atoms with Gasteiger partial charge in [-0.2, -0.15) is 0 Å². The van der Waals surface area contributed by atoms with Crippen molar-refractivity contribution in [2.45, 2.75) is 26.8 Å². The number of para-hydroxylation sites is 1. The topological polar surface area (TPSA) is 60.8 Å². The van der Waals surface area contributed by atoms with Crippen LogP contribution >= 0.6 is 0 Å². The van der Waals surface area contributed by atoms with Crippen molar-refractivity contribution in [3.8, 4) is 11.5 Å². The molecule has 0 spiro atoms. The molecule has 0 aliphatic heterocycles. The van der Waals surface area contributed by atoms with E-state index in [9.17, 15) is 15.0 Å². The first-order valence-electron chi connectivity index (χ1n) is 5.31. The lowest BCUT2D eigenvalue weighted by Gasteiger charge is -2.25. The van der Waals surface area contributed by atoms with Crippen molar-refractivity contribution in [3.63, 3.8) is 0 Å². The van der Waals surface area contributed by atoms with Crippen molar-refractivity contribution in [1.29, 1.82) is 0 Å². The zero-order chi connectivity index (χ0) is 12.3. The second-order valence-corrected chi connectivity index (χ2v) is 3.86. The molecule has 0 unspecified atom stereocenters. The van der Waals surface area contributed by atoms with Gasteiger partial charge in [0.15, 0.2) is 11.5 Å². The van der Waals surface area contributed by atoms with Crippen LogP contribution in [-0.4, -0.2) is 33.6 Å². The molecule has 1 amide bonds. The fraction of sp³-hybridized carbons (Fsp3) is 0.417. The van der Waals surface area contributed by atoms with Gasteiger partial charge in [0.1, 0.15) is 0 Å². The Morgan fingerprint density at radius 2 is 2.00 bits per heavy atom. The normalized spacial score (nSPS) is 10.5. The molecule has 4 heteroatoms. The molecule has 0 aliphatic rings. The number of carbonyl (C=O) groups is 1. The third-order valence-corrected chi connectivity index (χ3v) is 2.47. The minimum absolute atomic E-state index is 0.0549. The molecule has 0 saturated carbocycles. The number of aromatic hydroxyl groups is 2. The highest BCUT2D eigenvalue weighted by molar-refractivity contribution is 5.97. The summed E-state index contributed by atoms with van der Waals surface area (Å²) in [5.74, 6) is -0.900. The number of amides is 1. The van der Waals surface area contributed by atoms with Gasteiger partial charge in [0, 0.05) is 12.6 Å². The van der Waals surface area contributed by atoms with Crippen LogP contribution in [0.15, 0.2) is 18.2 Å². The SMILES string of the molecule is CCN(C(=O)c1cccc(O)c1O)C(C)C. The maximum atomic E-state index is 12.0. The highest BCUT2D eigenvalue weighted by Crippen LogP contribution is 2.29. The molecule has 0 heterocycles. The van der Waals surface area contributed by atoms with Gasteiger partial charge in [0.25, 0.3) is 5.91 Å². The molecular weight excluding hydrogens is 206 g/mol. The van der Waals surface area contributed by atoms with E-state index in [1.54, 1.807) is 4.90 Å². The second-order valence-electron chi connectivity index (χ2n) is 3.86. The number of rotatable bonds is 3. The molecule has 0 radical (unpaired) electrons. The van der Waals surface area contributed by atoms with E-state index >= 15 is 0 Å². The van der Waals surface area contributed by atoms with E-state index < -0.39 is 0 Å². The van der Waals surface area contributed by atoms with Gasteiger partial charge in [-0.25, -0.2) is 0 Å². The van der Waals surface area contributed by atoms with Crippen molar-refractivity contribution < 1.29 is 15.0 Å². The van der Waals surface area contributed by atoms with Crippen LogP contribution in [0.4, 0.5) is 0 Å². The molecular formula is C12H17NO3. The van der Waals surface area contributed by atoms with E-state index in [1.165, 1.54) is 18.2 Å². The molecule has 88 valence electrons. The predicted molar refractivity (Wildman–Crippen MR) is 61.6 cm³/mol. The molecule has 2 N–H and O–H groups in total. The fourth-order valence-corrected chi connectivity index (χ4v) is 1.60.